The van der Waals surface area contributed by atoms with Gasteiger partial charge in [0, 0.05) is 23.3 Å². The highest BCUT2D eigenvalue weighted by molar-refractivity contribution is 6.42. The van der Waals surface area contributed by atoms with E-state index in [4.69, 9.17) is 33.7 Å². The average molecular weight is 390 g/mol. The third-order valence-electron chi connectivity index (χ3n) is 3.77. The second-order valence-electron chi connectivity index (χ2n) is 5.82. The fraction of sp³-hybridized carbons (Fsp3) is 0.158. The van der Waals surface area contributed by atoms with Crippen LogP contribution in [-0.2, 0) is 11.3 Å². The number of primary amides is 1. The summed E-state index contributed by atoms with van der Waals surface area (Å²) in [4.78, 5) is 15.5. The van der Waals surface area contributed by atoms with Crippen LogP contribution in [-0.4, -0.2) is 17.5 Å². The highest BCUT2D eigenvalue weighted by Gasteiger charge is 2.10. The number of rotatable bonds is 6. The molecule has 0 atom stereocenters. The van der Waals surface area contributed by atoms with E-state index in [0.717, 1.165) is 22.3 Å². The van der Waals surface area contributed by atoms with E-state index in [1.807, 2.05) is 37.3 Å². The Hall–Kier alpha value is -2.50. The van der Waals surface area contributed by atoms with Crippen molar-refractivity contribution in [3.05, 3.63) is 63.8 Å². The third kappa shape index (κ3) is 4.18. The number of amides is 1. The molecule has 0 saturated carbocycles. The second kappa shape index (κ2) is 7.81. The number of hydrogen-bond donors (Lipinski definition) is 2. The Labute approximate surface area is 161 Å². The number of hydrogen-bond acceptors (Lipinski definition) is 4. The van der Waals surface area contributed by atoms with E-state index in [0.29, 0.717) is 27.9 Å². The minimum absolute atomic E-state index is 0.194. The maximum absolute atomic E-state index is 11.0. The van der Waals surface area contributed by atoms with Crippen LogP contribution in [0.3, 0.4) is 0 Å². The van der Waals surface area contributed by atoms with Crippen LogP contribution in [0.4, 0.5) is 5.69 Å². The van der Waals surface area contributed by atoms with Crippen molar-refractivity contribution in [1.82, 2.24) is 4.98 Å². The van der Waals surface area contributed by atoms with Crippen molar-refractivity contribution in [2.45, 2.75) is 13.5 Å². The monoisotopic (exact) mass is 389 g/mol. The molecule has 26 heavy (non-hydrogen) atoms. The van der Waals surface area contributed by atoms with Crippen LogP contribution in [0.1, 0.15) is 11.3 Å². The summed E-state index contributed by atoms with van der Waals surface area (Å²) in [6.45, 7) is 2.28. The van der Waals surface area contributed by atoms with Gasteiger partial charge in [-0.05, 0) is 36.8 Å². The van der Waals surface area contributed by atoms with Gasteiger partial charge in [0.15, 0.2) is 6.61 Å². The second-order valence-corrected chi connectivity index (χ2v) is 6.63. The van der Waals surface area contributed by atoms with Gasteiger partial charge in [0.1, 0.15) is 11.3 Å². The number of carbonyl (C=O) groups is 1. The number of aromatic nitrogens is 1. The topological polar surface area (TPSA) is 77.2 Å². The van der Waals surface area contributed by atoms with Crippen LogP contribution in [0.25, 0.3) is 10.9 Å². The lowest BCUT2D eigenvalue weighted by molar-refractivity contribution is -0.119. The number of ether oxygens (including phenoxy) is 1. The average Bonchev–Trinajstić information content (AvgIpc) is 2.60. The Morgan fingerprint density at radius 1 is 1.19 bits per heavy atom. The van der Waals surface area contributed by atoms with Crippen LogP contribution in [0.2, 0.25) is 10.0 Å². The summed E-state index contributed by atoms with van der Waals surface area (Å²) < 4.78 is 5.49. The number of halogens is 2. The molecular weight excluding hydrogens is 373 g/mol. The molecule has 7 heteroatoms. The van der Waals surface area contributed by atoms with Gasteiger partial charge in [-0.2, -0.15) is 0 Å². The summed E-state index contributed by atoms with van der Waals surface area (Å²) in [5, 5.41) is 5.32. The predicted molar refractivity (Wildman–Crippen MR) is 105 cm³/mol. The number of nitrogens with one attached hydrogen (secondary N) is 1. The van der Waals surface area contributed by atoms with E-state index in [9.17, 15) is 4.79 Å². The molecule has 1 heterocycles. The van der Waals surface area contributed by atoms with Gasteiger partial charge in [0.25, 0.3) is 5.91 Å². The Morgan fingerprint density at radius 2 is 2.00 bits per heavy atom. The van der Waals surface area contributed by atoms with Gasteiger partial charge in [-0.25, -0.2) is 4.98 Å². The van der Waals surface area contributed by atoms with Crippen LogP contribution in [0, 0.1) is 6.92 Å². The van der Waals surface area contributed by atoms with Gasteiger partial charge in [-0.3, -0.25) is 4.79 Å². The van der Waals surface area contributed by atoms with Crippen molar-refractivity contribution >= 4 is 45.7 Å². The number of aryl methyl sites for hydroxylation is 1. The number of nitrogens with zero attached hydrogens (tertiary/aromatic N) is 1. The maximum atomic E-state index is 11.0. The van der Waals surface area contributed by atoms with Crippen molar-refractivity contribution in [2.24, 2.45) is 5.73 Å². The number of para-hydroxylation sites is 1. The lowest BCUT2D eigenvalue weighted by Crippen LogP contribution is -2.20. The lowest BCUT2D eigenvalue weighted by atomic mass is 10.1. The van der Waals surface area contributed by atoms with Crippen molar-refractivity contribution in [3.8, 4) is 5.75 Å². The van der Waals surface area contributed by atoms with Crippen molar-refractivity contribution in [1.29, 1.82) is 0 Å². The summed E-state index contributed by atoms with van der Waals surface area (Å²) in [6, 6.07) is 13.0. The lowest BCUT2D eigenvalue weighted by Gasteiger charge is -2.13. The largest absolute Gasteiger partial charge is 0.481 e. The zero-order valence-corrected chi connectivity index (χ0v) is 15.6. The molecule has 0 unspecified atom stereocenters. The van der Waals surface area contributed by atoms with E-state index in [2.05, 4.69) is 10.3 Å². The highest BCUT2D eigenvalue weighted by Crippen LogP contribution is 2.31. The minimum Gasteiger partial charge on any atom is -0.481 e. The zero-order chi connectivity index (χ0) is 18.7. The van der Waals surface area contributed by atoms with Gasteiger partial charge in [0.2, 0.25) is 0 Å². The Kier molecular flexibility index (Phi) is 5.49. The molecule has 1 aromatic heterocycles. The molecule has 0 fully saturated rings. The van der Waals surface area contributed by atoms with E-state index in [-0.39, 0.29) is 6.61 Å². The van der Waals surface area contributed by atoms with Gasteiger partial charge in [-0.1, -0.05) is 41.4 Å². The number of anilines is 1. The van der Waals surface area contributed by atoms with E-state index in [1.54, 1.807) is 12.1 Å². The van der Waals surface area contributed by atoms with Crippen molar-refractivity contribution in [3.63, 3.8) is 0 Å². The SMILES string of the molecule is Cc1cc(NCc2ccc(Cl)c(Cl)c2)c2cccc(OCC(N)=O)c2n1. The molecule has 3 rings (SSSR count). The molecule has 0 aliphatic heterocycles. The zero-order valence-electron chi connectivity index (χ0n) is 14.1. The van der Waals surface area contributed by atoms with Crippen LogP contribution >= 0.6 is 23.2 Å². The standard InChI is InChI=1S/C19H17Cl2N3O2/c1-11-7-16(23-9-12-5-6-14(20)15(21)8-12)13-3-2-4-17(19(13)24-11)26-10-18(22)25/h2-8H,9-10H2,1H3,(H2,22,25)(H,23,24). The number of benzene rings is 2. The number of carbonyl (C=O) groups excluding carboxylic acids is 1. The molecular formula is C19H17Cl2N3O2. The Balaban J connectivity index is 1.91. The summed E-state index contributed by atoms with van der Waals surface area (Å²) in [6.07, 6.45) is 0. The molecule has 0 aliphatic carbocycles. The van der Waals surface area contributed by atoms with Crippen molar-refractivity contribution < 1.29 is 9.53 Å². The van der Waals surface area contributed by atoms with E-state index >= 15 is 0 Å². The minimum atomic E-state index is -0.535. The first-order chi connectivity index (χ1) is 12.4. The van der Waals surface area contributed by atoms with E-state index in [1.165, 1.54) is 0 Å². The Morgan fingerprint density at radius 3 is 2.73 bits per heavy atom. The first-order valence-corrected chi connectivity index (χ1v) is 8.69. The third-order valence-corrected chi connectivity index (χ3v) is 4.51. The van der Waals surface area contributed by atoms with E-state index < -0.39 is 5.91 Å². The Bertz CT molecular complexity index is 976. The quantitative estimate of drug-likeness (QED) is 0.657. The van der Waals surface area contributed by atoms with Crippen LogP contribution in [0.15, 0.2) is 42.5 Å². The van der Waals surface area contributed by atoms with Gasteiger partial charge in [0.05, 0.1) is 10.0 Å². The summed E-state index contributed by atoms with van der Waals surface area (Å²) in [7, 11) is 0. The normalized spacial score (nSPS) is 10.7. The summed E-state index contributed by atoms with van der Waals surface area (Å²) >= 11 is 12.0. The molecule has 5 nitrogen and oxygen atoms in total. The molecule has 1 amide bonds. The van der Waals surface area contributed by atoms with Crippen LogP contribution < -0.4 is 15.8 Å². The molecule has 3 aromatic rings. The smallest absolute Gasteiger partial charge is 0.255 e. The van der Waals surface area contributed by atoms with Gasteiger partial charge < -0.3 is 15.8 Å². The molecule has 134 valence electrons. The predicted octanol–water partition coefficient (Wildman–Crippen LogP) is 4.33. The molecule has 0 radical (unpaired) electrons. The summed E-state index contributed by atoms with van der Waals surface area (Å²) in [5.74, 6) is -0.0183. The maximum Gasteiger partial charge on any atom is 0.255 e. The fourth-order valence-electron chi connectivity index (χ4n) is 2.61. The number of pyridine rings is 1. The van der Waals surface area contributed by atoms with Crippen LogP contribution in [0.5, 0.6) is 5.75 Å². The molecule has 3 N–H and O–H groups in total. The first kappa shape index (κ1) is 18.3. The molecule has 0 bridgehead atoms. The number of nitrogens with two attached hydrogens (primary N) is 1. The molecule has 2 aromatic carbocycles. The number of fused-ring (bicyclic) bond motifs is 1. The van der Waals surface area contributed by atoms with Crippen molar-refractivity contribution in [2.75, 3.05) is 11.9 Å². The molecule has 0 aliphatic rings. The highest BCUT2D eigenvalue weighted by atomic mass is 35.5. The fourth-order valence-corrected chi connectivity index (χ4v) is 2.93. The molecule has 0 saturated heterocycles. The van der Waals surface area contributed by atoms with Gasteiger partial charge >= 0.3 is 0 Å². The van der Waals surface area contributed by atoms with Gasteiger partial charge in [-0.15, -0.1) is 0 Å². The first-order valence-electron chi connectivity index (χ1n) is 7.93. The summed E-state index contributed by atoms with van der Waals surface area (Å²) in [5.41, 5.74) is 8.57. The molecule has 0 spiro atoms.